The molecule has 0 fully saturated rings. The highest BCUT2D eigenvalue weighted by atomic mass is 32.2. The molecule has 2 amide bonds. The smallest absolute Gasteiger partial charge is 0.326 e. The standard InChI is InChI=1S/C39H59N5O7S/c1-21(2)30(43-33(45)25-17-26(37(6,7)8)19-27(18-25)38(9,10)11)34(46)42-29(35(47)48)15-14-16-41-36(40)44-52(49,50)32-23(4)22(3)31-28(24(32)5)20-39(12,13)51-31/h17-19,21,29-30H,14-16,20H2,1-13H3,(H,42,46)(H,43,45)(H,47,48)(H3,40,41,44)/t29?,30-/m0/s1. The van der Waals surface area contributed by atoms with E-state index in [0.29, 0.717) is 28.9 Å². The number of rotatable bonds is 12. The lowest BCUT2D eigenvalue weighted by molar-refractivity contribution is -0.142. The van der Waals surface area contributed by atoms with Crippen molar-refractivity contribution in [3.05, 3.63) is 57.1 Å². The van der Waals surface area contributed by atoms with Crippen molar-refractivity contribution in [3.63, 3.8) is 0 Å². The Morgan fingerprint density at radius 1 is 0.942 bits per heavy atom. The SMILES string of the molecule is Cc1c(C)c(S(=O)(=O)NC(N)=NCCCC(NC(=O)[C@@H](NC(=O)c2cc(C(C)(C)C)cc(C(C)(C)C)c2)C(C)C)C(=O)O)c(C)c2c1OC(C)(C)C2. The third-order valence-electron chi connectivity index (χ3n) is 9.51. The summed E-state index contributed by atoms with van der Waals surface area (Å²) in [5.41, 5.74) is 10.2. The number of aliphatic imine (C=N–C) groups is 1. The number of carboxylic acid groups (broad SMARTS) is 1. The van der Waals surface area contributed by atoms with Gasteiger partial charge in [0.2, 0.25) is 11.9 Å². The molecule has 2 atom stereocenters. The molecule has 0 bridgehead atoms. The number of amides is 2. The second kappa shape index (κ2) is 15.5. The molecule has 12 nitrogen and oxygen atoms in total. The number of aliphatic carboxylic acids is 1. The van der Waals surface area contributed by atoms with Crippen LogP contribution in [0.5, 0.6) is 5.75 Å². The minimum absolute atomic E-state index is 0.00177. The number of nitrogens with two attached hydrogens (primary N) is 1. The van der Waals surface area contributed by atoms with Gasteiger partial charge < -0.3 is 26.2 Å². The molecule has 0 radical (unpaired) electrons. The van der Waals surface area contributed by atoms with Crippen LogP contribution in [0.2, 0.25) is 0 Å². The number of nitrogens with one attached hydrogen (secondary N) is 3. The average Bonchev–Trinajstić information content (AvgIpc) is 3.34. The Labute approximate surface area is 309 Å². The maximum atomic E-state index is 13.5. The molecule has 0 aliphatic carbocycles. The number of benzene rings is 2. The Hall–Kier alpha value is -4.13. The van der Waals surface area contributed by atoms with Crippen molar-refractivity contribution in [3.8, 4) is 5.75 Å². The van der Waals surface area contributed by atoms with Crippen LogP contribution in [-0.2, 0) is 36.9 Å². The minimum Gasteiger partial charge on any atom is -0.487 e. The number of carbonyl (C=O) groups is 3. The van der Waals surface area contributed by atoms with E-state index in [2.05, 4.69) is 68.0 Å². The molecule has 0 aromatic heterocycles. The maximum absolute atomic E-state index is 13.5. The molecule has 1 heterocycles. The van der Waals surface area contributed by atoms with E-state index < -0.39 is 45.5 Å². The average molecular weight is 742 g/mol. The Kier molecular flexibility index (Phi) is 12.6. The van der Waals surface area contributed by atoms with Crippen LogP contribution < -0.4 is 25.8 Å². The first kappa shape index (κ1) is 42.3. The highest BCUT2D eigenvalue weighted by Gasteiger charge is 2.37. The molecular formula is C39H59N5O7S. The summed E-state index contributed by atoms with van der Waals surface area (Å²) in [7, 11) is -4.10. The number of hydrogen-bond acceptors (Lipinski definition) is 7. The number of fused-ring (bicyclic) bond motifs is 1. The van der Waals surface area contributed by atoms with Gasteiger partial charge in [-0.1, -0.05) is 61.5 Å². The Morgan fingerprint density at radius 2 is 1.50 bits per heavy atom. The van der Waals surface area contributed by atoms with Crippen LogP contribution in [0.1, 0.15) is 126 Å². The molecule has 0 saturated carbocycles. The van der Waals surface area contributed by atoms with Gasteiger partial charge in [-0.05, 0) is 104 Å². The van der Waals surface area contributed by atoms with Crippen molar-refractivity contribution in [2.45, 2.75) is 143 Å². The fourth-order valence-electron chi connectivity index (χ4n) is 6.27. The zero-order valence-corrected chi connectivity index (χ0v) is 33.9. The van der Waals surface area contributed by atoms with Crippen molar-refractivity contribution in [1.82, 2.24) is 15.4 Å². The fraction of sp³-hybridized carbons (Fsp3) is 0.590. The zero-order valence-electron chi connectivity index (χ0n) is 33.1. The van der Waals surface area contributed by atoms with E-state index in [1.165, 1.54) is 0 Å². The summed E-state index contributed by atoms with van der Waals surface area (Å²) in [4.78, 5) is 43.4. The fourth-order valence-corrected chi connectivity index (χ4v) is 7.79. The molecule has 13 heteroatoms. The van der Waals surface area contributed by atoms with Gasteiger partial charge in [0.15, 0.2) is 0 Å². The Balaban J connectivity index is 1.69. The van der Waals surface area contributed by atoms with Crippen LogP contribution in [0.4, 0.5) is 0 Å². The Morgan fingerprint density at radius 3 is 2.00 bits per heavy atom. The third kappa shape index (κ3) is 10.0. The van der Waals surface area contributed by atoms with Gasteiger partial charge in [-0.2, -0.15) is 0 Å². The summed E-state index contributed by atoms with van der Waals surface area (Å²) in [6.07, 6.45) is 0.733. The van der Waals surface area contributed by atoms with Crippen molar-refractivity contribution in [2.24, 2.45) is 16.6 Å². The van der Waals surface area contributed by atoms with Crippen LogP contribution >= 0.6 is 0 Å². The normalized spacial score (nSPS) is 15.8. The first-order chi connectivity index (χ1) is 23.7. The van der Waals surface area contributed by atoms with Crippen LogP contribution in [-0.4, -0.2) is 61.5 Å². The molecule has 0 spiro atoms. The number of hydrogen-bond donors (Lipinski definition) is 5. The molecule has 1 unspecified atom stereocenters. The summed E-state index contributed by atoms with van der Waals surface area (Å²) in [5.74, 6) is -2.27. The summed E-state index contributed by atoms with van der Waals surface area (Å²) >= 11 is 0. The first-order valence-electron chi connectivity index (χ1n) is 17.8. The Bertz CT molecular complexity index is 1820. The number of carbonyl (C=O) groups excluding carboxylic acids is 2. The molecular weight excluding hydrogens is 683 g/mol. The maximum Gasteiger partial charge on any atom is 0.326 e. The number of guanidine groups is 1. The molecule has 1 aliphatic heterocycles. The second-order valence-corrected chi connectivity index (χ2v) is 18.6. The van der Waals surface area contributed by atoms with Gasteiger partial charge in [-0.3, -0.25) is 14.6 Å². The van der Waals surface area contributed by atoms with Crippen LogP contribution in [0, 0.1) is 26.7 Å². The summed E-state index contributed by atoms with van der Waals surface area (Å²) in [5, 5.41) is 15.3. The van der Waals surface area contributed by atoms with E-state index in [4.69, 9.17) is 10.5 Å². The monoisotopic (exact) mass is 741 g/mol. The van der Waals surface area contributed by atoms with Gasteiger partial charge in [-0.15, -0.1) is 0 Å². The molecule has 6 N–H and O–H groups in total. The van der Waals surface area contributed by atoms with E-state index >= 15 is 0 Å². The van der Waals surface area contributed by atoms with E-state index in [1.807, 2.05) is 32.9 Å². The quantitative estimate of drug-likeness (QED) is 0.110. The van der Waals surface area contributed by atoms with Crippen LogP contribution in [0.3, 0.4) is 0 Å². The predicted molar refractivity (Wildman–Crippen MR) is 205 cm³/mol. The number of carboxylic acids is 1. The van der Waals surface area contributed by atoms with Gasteiger partial charge in [0.05, 0.1) is 4.90 Å². The molecule has 3 rings (SSSR count). The van der Waals surface area contributed by atoms with Gasteiger partial charge in [0.1, 0.15) is 23.4 Å². The van der Waals surface area contributed by atoms with E-state index in [0.717, 1.165) is 22.3 Å². The summed E-state index contributed by atoms with van der Waals surface area (Å²) < 4.78 is 35.4. The summed E-state index contributed by atoms with van der Waals surface area (Å²) in [6, 6.07) is 3.48. The molecule has 288 valence electrons. The van der Waals surface area contributed by atoms with Gasteiger partial charge in [0, 0.05) is 24.1 Å². The lowest BCUT2D eigenvalue weighted by atomic mass is 9.79. The van der Waals surface area contributed by atoms with Crippen molar-refractivity contribution in [1.29, 1.82) is 0 Å². The van der Waals surface area contributed by atoms with Crippen LogP contribution in [0.15, 0.2) is 28.1 Å². The van der Waals surface area contributed by atoms with Crippen molar-refractivity contribution >= 4 is 33.8 Å². The van der Waals surface area contributed by atoms with Crippen molar-refractivity contribution < 1.29 is 32.6 Å². The van der Waals surface area contributed by atoms with Crippen molar-refractivity contribution in [2.75, 3.05) is 6.54 Å². The zero-order chi connectivity index (χ0) is 39.7. The minimum atomic E-state index is -4.10. The first-order valence-corrected chi connectivity index (χ1v) is 19.3. The van der Waals surface area contributed by atoms with Crippen LogP contribution in [0.25, 0.3) is 0 Å². The summed E-state index contributed by atoms with van der Waals surface area (Å²) in [6.45, 7) is 25.2. The third-order valence-corrected chi connectivity index (χ3v) is 11.1. The molecule has 52 heavy (non-hydrogen) atoms. The molecule has 1 aliphatic rings. The predicted octanol–water partition coefficient (Wildman–Crippen LogP) is 5.32. The van der Waals surface area contributed by atoms with Gasteiger partial charge in [0.25, 0.3) is 15.9 Å². The topological polar surface area (TPSA) is 189 Å². The number of nitrogens with zero attached hydrogens (tertiary/aromatic N) is 1. The second-order valence-electron chi connectivity index (χ2n) is 17.0. The highest BCUT2D eigenvalue weighted by Crippen LogP contribution is 2.43. The molecule has 2 aromatic rings. The molecule has 0 saturated heterocycles. The van der Waals surface area contributed by atoms with E-state index in [-0.39, 0.29) is 47.0 Å². The highest BCUT2D eigenvalue weighted by molar-refractivity contribution is 7.90. The van der Waals surface area contributed by atoms with Gasteiger partial charge in [-0.25, -0.2) is 17.9 Å². The number of sulfonamides is 1. The largest absolute Gasteiger partial charge is 0.487 e. The lowest BCUT2D eigenvalue weighted by Crippen LogP contribution is -2.53. The van der Waals surface area contributed by atoms with Gasteiger partial charge >= 0.3 is 5.97 Å². The molecule has 2 aromatic carbocycles. The lowest BCUT2D eigenvalue weighted by Gasteiger charge is -2.27. The van der Waals surface area contributed by atoms with E-state index in [9.17, 15) is 27.9 Å². The van der Waals surface area contributed by atoms with E-state index in [1.54, 1.807) is 27.7 Å². The number of ether oxygens (including phenoxy) is 1.